The number of nitrogen functional groups attached to an aromatic ring is 2. The molecule has 0 atom stereocenters. The molecule has 146 valence electrons. The van der Waals surface area contributed by atoms with Gasteiger partial charge in [0.05, 0.1) is 13.7 Å². The van der Waals surface area contributed by atoms with Gasteiger partial charge in [0.25, 0.3) is 0 Å². The Morgan fingerprint density at radius 1 is 1.15 bits per heavy atom. The number of benzene rings is 1. The fraction of sp³-hybridized carbons (Fsp3) is 0.500. The molecule has 1 aliphatic rings. The largest absolute Gasteiger partial charge is 0.493 e. The van der Waals surface area contributed by atoms with Crippen molar-refractivity contribution in [1.29, 1.82) is 0 Å². The van der Waals surface area contributed by atoms with Crippen molar-refractivity contribution in [2.24, 2.45) is 0 Å². The predicted molar refractivity (Wildman–Crippen MR) is 107 cm³/mol. The highest BCUT2D eigenvalue weighted by Gasteiger charge is 2.25. The van der Waals surface area contributed by atoms with Crippen LogP contribution in [0.3, 0.4) is 0 Å². The van der Waals surface area contributed by atoms with Crippen LogP contribution in [0.4, 0.5) is 11.8 Å². The summed E-state index contributed by atoms with van der Waals surface area (Å²) in [6.45, 7) is 7.46. The molecule has 0 saturated carbocycles. The van der Waals surface area contributed by atoms with Crippen LogP contribution in [0.25, 0.3) is 0 Å². The van der Waals surface area contributed by atoms with Gasteiger partial charge >= 0.3 is 0 Å². The third kappa shape index (κ3) is 4.42. The van der Waals surface area contributed by atoms with Gasteiger partial charge in [-0.25, -0.2) is 4.98 Å². The molecule has 4 N–H and O–H groups in total. The number of rotatable bonds is 6. The third-order valence-corrected chi connectivity index (χ3v) is 5.11. The lowest BCUT2D eigenvalue weighted by Gasteiger charge is -2.33. The first-order chi connectivity index (χ1) is 13.0. The summed E-state index contributed by atoms with van der Waals surface area (Å²) in [6, 6.07) is 6.15. The van der Waals surface area contributed by atoms with Crippen molar-refractivity contribution in [3.8, 4) is 11.5 Å². The number of ether oxygens (including phenoxy) is 2. The minimum absolute atomic E-state index is 0.246. The molecule has 2 aromatic rings. The molecule has 1 saturated heterocycles. The average molecular weight is 371 g/mol. The smallest absolute Gasteiger partial charge is 0.222 e. The fourth-order valence-corrected chi connectivity index (χ4v) is 3.86. The molecule has 0 radical (unpaired) electrons. The van der Waals surface area contributed by atoms with Gasteiger partial charge in [0.2, 0.25) is 5.95 Å². The van der Waals surface area contributed by atoms with Gasteiger partial charge in [0.15, 0.2) is 11.5 Å². The third-order valence-electron chi connectivity index (χ3n) is 5.11. The number of aryl methyl sites for hydroxylation is 1. The lowest BCUT2D eigenvalue weighted by Crippen LogP contribution is -2.33. The van der Waals surface area contributed by atoms with E-state index < -0.39 is 0 Å². The summed E-state index contributed by atoms with van der Waals surface area (Å²) in [5.41, 5.74) is 15.0. The summed E-state index contributed by atoms with van der Waals surface area (Å²) in [7, 11) is 1.66. The summed E-state index contributed by atoms with van der Waals surface area (Å²) < 4.78 is 11.1. The van der Waals surface area contributed by atoms with Crippen LogP contribution in [-0.2, 0) is 6.54 Å². The number of piperidine rings is 1. The minimum atomic E-state index is 0.246. The average Bonchev–Trinajstić information content (AvgIpc) is 2.63. The molecule has 0 amide bonds. The van der Waals surface area contributed by atoms with Gasteiger partial charge < -0.3 is 20.9 Å². The Hall–Kier alpha value is -2.54. The van der Waals surface area contributed by atoms with Crippen molar-refractivity contribution < 1.29 is 9.47 Å². The molecule has 27 heavy (non-hydrogen) atoms. The number of nitrogens with two attached hydrogens (primary N) is 2. The van der Waals surface area contributed by atoms with E-state index in [-0.39, 0.29) is 5.95 Å². The van der Waals surface area contributed by atoms with E-state index in [0.29, 0.717) is 18.3 Å². The first kappa shape index (κ1) is 19.2. The zero-order chi connectivity index (χ0) is 19.4. The number of nitrogens with zero attached hydrogens (tertiary/aromatic N) is 3. The molecular formula is C20H29N5O2. The SMILES string of the molecule is CCOc1cc(CN2CCC(c3c(C)nc(N)nc3N)CC2)ccc1OC. The van der Waals surface area contributed by atoms with E-state index >= 15 is 0 Å². The Balaban J connectivity index is 1.64. The molecule has 3 rings (SSSR count). The molecule has 1 aromatic carbocycles. The van der Waals surface area contributed by atoms with Gasteiger partial charge in [-0.05, 0) is 63.4 Å². The molecule has 0 spiro atoms. The fourth-order valence-electron chi connectivity index (χ4n) is 3.86. The van der Waals surface area contributed by atoms with Crippen LogP contribution in [0, 0.1) is 6.92 Å². The zero-order valence-corrected chi connectivity index (χ0v) is 16.4. The van der Waals surface area contributed by atoms with Crippen molar-refractivity contribution >= 4 is 11.8 Å². The van der Waals surface area contributed by atoms with Crippen molar-refractivity contribution in [2.75, 3.05) is 38.3 Å². The van der Waals surface area contributed by atoms with Gasteiger partial charge in [-0.15, -0.1) is 0 Å². The maximum atomic E-state index is 6.11. The Labute approximate surface area is 160 Å². The van der Waals surface area contributed by atoms with E-state index in [0.717, 1.165) is 55.2 Å². The summed E-state index contributed by atoms with van der Waals surface area (Å²) in [5.74, 6) is 2.73. The van der Waals surface area contributed by atoms with Crippen LogP contribution in [0.1, 0.15) is 42.5 Å². The van der Waals surface area contributed by atoms with Crippen LogP contribution in [0.5, 0.6) is 11.5 Å². The summed E-state index contributed by atoms with van der Waals surface area (Å²) in [6.07, 6.45) is 2.07. The van der Waals surface area contributed by atoms with Crippen LogP contribution < -0.4 is 20.9 Å². The topological polar surface area (TPSA) is 99.5 Å². The summed E-state index contributed by atoms with van der Waals surface area (Å²) >= 11 is 0. The molecule has 2 heterocycles. The molecular weight excluding hydrogens is 342 g/mol. The van der Waals surface area contributed by atoms with Crippen LogP contribution in [0.15, 0.2) is 18.2 Å². The minimum Gasteiger partial charge on any atom is -0.493 e. The molecule has 7 heteroatoms. The Kier molecular flexibility index (Phi) is 6.01. The molecule has 0 bridgehead atoms. The lowest BCUT2D eigenvalue weighted by molar-refractivity contribution is 0.204. The van der Waals surface area contributed by atoms with E-state index in [4.69, 9.17) is 20.9 Å². The number of hydrogen-bond donors (Lipinski definition) is 2. The molecule has 1 aliphatic heterocycles. The quantitative estimate of drug-likeness (QED) is 0.805. The first-order valence-electron chi connectivity index (χ1n) is 9.43. The maximum Gasteiger partial charge on any atom is 0.222 e. The highest BCUT2D eigenvalue weighted by molar-refractivity contribution is 5.48. The second-order valence-electron chi connectivity index (χ2n) is 6.93. The molecule has 1 aromatic heterocycles. The second kappa shape index (κ2) is 8.43. The Bertz CT molecular complexity index is 765. The normalized spacial score (nSPS) is 15.7. The van der Waals surface area contributed by atoms with Crippen molar-refractivity contribution in [2.45, 2.75) is 39.2 Å². The highest BCUT2D eigenvalue weighted by Crippen LogP contribution is 2.34. The Morgan fingerprint density at radius 2 is 1.89 bits per heavy atom. The predicted octanol–water partition coefficient (Wildman–Crippen LogP) is 2.74. The molecule has 0 unspecified atom stereocenters. The van der Waals surface area contributed by atoms with Gasteiger partial charge in [-0.3, -0.25) is 4.90 Å². The van der Waals surface area contributed by atoms with Crippen molar-refractivity contribution in [3.05, 3.63) is 35.0 Å². The van der Waals surface area contributed by atoms with Crippen molar-refractivity contribution in [1.82, 2.24) is 14.9 Å². The van der Waals surface area contributed by atoms with E-state index in [1.54, 1.807) is 7.11 Å². The Morgan fingerprint density at radius 3 is 2.52 bits per heavy atom. The van der Waals surface area contributed by atoms with Crippen LogP contribution in [-0.4, -0.2) is 41.7 Å². The maximum absolute atomic E-state index is 6.11. The van der Waals surface area contributed by atoms with E-state index in [2.05, 4.69) is 27.0 Å². The first-order valence-corrected chi connectivity index (χ1v) is 9.43. The number of hydrogen-bond acceptors (Lipinski definition) is 7. The van der Waals surface area contributed by atoms with E-state index in [1.165, 1.54) is 5.56 Å². The molecule has 1 fully saturated rings. The van der Waals surface area contributed by atoms with Crippen LogP contribution >= 0.6 is 0 Å². The van der Waals surface area contributed by atoms with E-state index in [9.17, 15) is 0 Å². The van der Waals surface area contributed by atoms with Gasteiger partial charge in [0.1, 0.15) is 5.82 Å². The summed E-state index contributed by atoms with van der Waals surface area (Å²) in [5, 5.41) is 0. The number of methoxy groups -OCH3 is 1. The van der Waals surface area contributed by atoms with Crippen molar-refractivity contribution in [3.63, 3.8) is 0 Å². The van der Waals surface area contributed by atoms with E-state index in [1.807, 2.05) is 19.9 Å². The number of aromatic nitrogens is 2. The standard InChI is InChI=1S/C20H29N5O2/c1-4-27-17-11-14(5-6-16(17)26-3)12-25-9-7-15(8-10-25)18-13(2)23-20(22)24-19(18)21/h5-6,11,15H,4,7-10,12H2,1-3H3,(H4,21,22,23,24). The molecule has 7 nitrogen and oxygen atoms in total. The zero-order valence-electron chi connectivity index (χ0n) is 16.4. The second-order valence-corrected chi connectivity index (χ2v) is 6.93. The van der Waals surface area contributed by atoms with Gasteiger partial charge in [-0.2, -0.15) is 4.98 Å². The van der Waals surface area contributed by atoms with Crippen LogP contribution in [0.2, 0.25) is 0 Å². The number of likely N-dealkylation sites (tertiary alicyclic amines) is 1. The molecule has 0 aliphatic carbocycles. The highest BCUT2D eigenvalue weighted by atomic mass is 16.5. The van der Waals surface area contributed by atoms with Gasteiger partial charge in [0, 0.05) is 17.8 Å². The summed E-state index contributed by atoms with van der Waals surface area (Å²) in [4.78, 5) is 10.9. The lowest BCUT2D eigenvalue weighted by atomic mass is 9.88. The van der Waals surface area contributed by atoms with Gasteiger partial charge in [-0.1, -0.05) is 6.07 Å². The monoisotopic (exact) mass is 371 g/mol. The number of anilines is 2.